The summed E-state index contributed by atoms with van der Waals surface area (Å²) in [5.41, 5.74) is 1.27. The van der Waals surface area contributed by atoms with Gasteiger partial charge in [0.2, 0.25) is 0 Å². The molecule has 0 bridgehead atoms. The molecule has 0 fully saturated rings. The lowest BCUT2D eigenvalue weighted by atomic mass is 10.1. The lowest BCUT2D eigenvalue weighted by Gasteiger charge is -2.11. The molecule has 3 heterocycles. The molecule has 4 aromatic rings. The van der Waals surface area contributed by atoms with Gasteiger partial charge < -0.3 is 10.1 Å². The van der Waals surface area contributed by atoms with E-state index in [2.05, 4.69) is 36.4 Å². The van der Waals surface area contributed by atoms with E-state index in [0.29, 0.717) is 11.3 Å². The summed E-state index contributed by atoms with van der Waals surface area (Å²) >= 11 is 3.37. The number of carbonyl (C=O) groups is 1. The highest BCUT2D eigenvalue weighted by Gasteiger charge is 2.22. The quantitative estimate of drug-likeness (QED) is 0.444. The number of rotatable bonds is 6. The molecule has 8 nitrogen and oxygen atoms in total. The van der Waals surface area contributed by atoms with Gasteiger partial charge in [-0.1, -0.05) is 12.1 Å². The van der Waals surface area contributed by atoms with Crippen LogP contribution in [0, 0.1) is 0 Å². The number of nitrogens with zero attached hydrogens (tertiary/aromatic N) is 5. The highest BCUT2D eigenvalue weighted by atomic mass is 79.9. The number of fused-ring (bicyclic) bond motifs is 1. The van der Waals surface area contributed by atoms with Gasteiger partial charge in [-0.3, -0.25) is 9.48 Å². The summed E-state index contributed by atoms with van der Waals surface area (Å²) in [6.45, 7) is 0.182. The van der Waals surface area contributed by atoms with E-state index >= 15 is 0 Å². The fourth-order valence-corrected chi connectivity index (χ4v) is 3.68. The monoisotopic (exact) mass is 490 g/mol. The molecule has 0 aliphatic rings. The Morgan fingerprint density at radius 1 is 1.26 bits per heavy atom. The maximum atomic E-state index is 13.8. The Balaban J connectivity index is 1.76. The molecule has 0 spiro atoms. The van der Waals surface area contributed by atoms with Crippen molar-refractivity contribution in [3.8, 4) is 17.0 Å². The van der Waals surface area contributed by atoms with Crippen molar-refractivity contribution < 1.29 is 18.3 Å². The first kappa shape index (κ1) is 20.9. The molecule has 0 aliphatic heterocycles. The van der Waals surface area contributed by atoms with Gasteiger partial charge in [-0.2, -0.15) is 10.2 Å². The molecule has 0 atom stereocenters. The van der Waals surface area contributed by atoms with Crippen LogP contribution in [0.2, 0.25) is 0 Å². The molecule has 0 unspecified atom stereocenters. The van der Waals surface area contributed by atoms with Crippen molar-refractivity contribution in [1.29, 1.82) is 0 Å². The molecular weight excluding hydrogens is 474 g/mol. The SMILES string of the molecule is COc1ccccc1-c1cc(C(F)F)n2ncc(C(=O)NCc3c(Br)cnn3C)c2n1. The van der Waals surface area contributed by atoms with E-state index in [9.17, 15) is 13.6 Å². The fraction of sp³-hybridized carbons (Fsp3) is 0.200. The third kappa shape index (κ3) is 3.88. The van der Waals surface area contributed by atoms with Gasteiger partial charge >= 0.3 is 0 Å². The summed E-state index contributed by atoms with van der Waals surface area (Å²) in [5.74, 6) is -0.0147. The third-order valence-electron chi connectivity index (χ3n) is 4.78. The van der Waals surface area contributed by atoms with Crippen LogP contribution in [0.4, 0.5) is 8.78 Å². The Morgan fingerprint density at radius 2 is 2.03 bits per heavy atom. The average Bonchev–Trinajstić information content (AvgIpc) is 3.34. The number of alkyl halides is 2. The highest BCUT2D eigenvalue weighted by molar-refractivity contribution is 9.10. The Labute approximate surface area is 184 Å². The average molecular weight is 491 g/mol. The number of ether oxygens (including phenoxy) is 1. The molecule has 0 saturated carbocycles. The van der Waals surface area contributed by atoms with Crippen LogP contribution in [-0.2, 0) is 13.6 Å². The van der Waals surface area contributed by atoms with E-state index in [1.165, 1.54) is 19.4 Å². The zero-order valence-electron chi connectivity index (χ0n) is 16.5. The van der Waals surface area contributed by atoms with Crippen LogP contribution in [0.1, 0.15) is 28.2 Å². The van der Waals surface area contributed by atoms with E-state index < -0.39 is 12.3 Å². The second-order valence-corrected chi connectivity index (χ2v) is 7.46. The Hall–Kier alpha value is -3.34. The van der Waals surface area contributed by atoms with Gasteiger partial charge in [0, 0.05) is 12.6 Å². The van der Waals surface area contributed by atoms with E-state index in [1.54, 1.807) is 42.2 Å². The number of aromatic nitrogens is 5. The van der Waals surface area contributed by atoms with E-state index in [-0.39, 0.29) is 29.1 Å². The predicted octanol–water partition coefficient (Wildman–Crippen LogP) is 3.77. The van der Waals surface area contributed by atoms with Crippen LogP contribution in [0.5, 0.6) is 5.75 Å². The third-order valence-corrected chi connectivity index (χ3v) is 5.44. The minimum Gasteiger partial charge on any atom is -0.496 e. The zero-order chi connectivity index (χ0) is 22.1. The first-order chi connectivity index (χ1) is 14.9. The van der Waals surface area contributed by atoms with Crippen molar-refractivity contribution in [2.75, 3.05) is 7.11 Å². The van der Waals surface area contributed by atoms with Gasteiger partial charge in [-0.15, -0.1) is 0 Å². The molecule has 0 saturated heterocycles. The molecule has 0 aliphatic carbocycles. The topological polar surface area (TPSA) is 86.3 Å². The predicted molar refractivity (Wildman–Crippen MR) is 112 cm³/mol. The van der Waals surface area contributed by atoms with Crippen LogP contribution in [0.25, 0.3) is 16.9 Å². The standard InChI is InChI=1S/C20H17BrF2N6O2/c1-28-16(13(21)9-25-28)10-24-20(30)12-8-26-29-15(18(22)23)7-14(27-19(12)29)11-5-3-4-6-17(11)31-2/h3-9,18H,10H2,1-2H3,(H,24,30). The first-order valence-corrected chi connectivity index (χ1v) is 9.94. The number of carbonyl (C=O) groups excluding carboxylic acids is 1. The second kappa shape index (κ2) is 8.42. The number of nitrogens with one attached hydrogen (secondary N) is 1. The Bertz CT molecular complexity index is 1250. The maximum absolute atomic E-state index is 13.8. The number of methoxy groups -OCH3 is 1. The van der Waals surface area contributed by atoms with E-state index in [4.69, 9.17) is 4.74 Å². The molecule has 1 N–H and O–H groups in total. The molecule has 31 heavy (non-hydrogen) atoms. The largest absolute Gasteiger partial charge is 0.496 e. The maximum Gasteiger partial charge on any atom is 0.280 e. The molecule has 0 radical (unpaired) electrons. The van der Waals surface area contributed by atoms with Gasteiger partial charge in [0.1, 0.15) is 17.0 Å². The first-order valence-electron chi connectivity index (χ1n) is 9.15. The molecule has 1 amide bonds. The lowest BCUT2D eigenvalue weighted by Crippen LogP contribution is -2.24. The van der Waals surface area contributed by atoms with Crippen molar-refractivity contribution in [3.05, 3.63) is 64.1 Å². The molecular formula is C20H17BrF2N6O2. The number of aryl methyl sites for hydroxylation is 1. The lowest BCUT2D eigenvalue weighted by molar-refractivity contribution is 0.0951. The van der Waals surface area contributed by atoms with Crippen molar-refractivity contribution in [2.45, 2.75) is 13.0 Å². The van der Waals surface area contributed by atoms with Crippen molar-refractivity contribution in [1.82, 2.24) is 29.7 Å². The zero-order valence-corrected chi connectivity index (χ0v) is 18.1. The summed E-state index contributed by atoms with van der Waals surface area (Å²) in [6.07, 6.45) is 0.0286. The number of hydrogen-bond acceptors (Lipinski definition) is 5. The molecule has 3 aromatic heterocycles. The van der Waals surface area contributed by atoms with Gasteiger partial charge in [0.05, 0.1) is 41.9 Å². The minimum absolute atomic E-state index is 0.0280. The second-order valence-electron chi connectivity index (χ2n) is 6.61. The van der Waals surface area contributed by atoms with Crippen LogP contribution in [-0.4, -0.2) is 37.4 Å². The number of halogens is 3. The van der Waals surface area contributed by atoms with Crippen molar-refractivity contribution >= 4 is 27.5 Å². The molecule has 4 rings (SSSR count). The van der Waals surface area contributed by atoms with Gasteiger partial charge in [-0.05, 0) is 34.1 Å². The van der Waals surface area contributed by atoms with Crippen molar-refractivity contribution in [2.24, 2.45) is 7.05 Å². The smallest absolute Gasteiger partial charge is 0.280 e. The number of hydrogen-bond donors (Lipinski definition) is 1. The van der Waals surface area contributed by atoms with Crippen LogP contribution in [0.3, 0.4) is 0 Å². The number of amides is 1. The van der Waals surface area contributed by atoms with Crippen LogP contribution >= 0.6 is 15.9 Å². The molecule has 11 heteroatoms. The summed E-state index contributed by atoms with van der Waals surface area (Å²) in [5, 5.41) is 10.8. The van der Waals surface area contributed by atoms with Crippen LogP contribution in [0.15, 0.2) is 47.2 Å². The van der Waals surface area contributed by atoms with E-state index in [1.807, 2.05) is 0 Å². The summed E-state index contributed by atoms with van der Waals surface area (Å²) < 4.78 is 36.2. The highest BCUT2D eigenvalue weighted by Crippen LogP contribution is 2.32. The fourth-order valence-electron chi connectivity index (χ4n) is 3.19. The van der Waals surface area contributed by atoms with Gasteiger partial charge in [0.25, 0.3) is 12.3 Å². The normalized spacial score (nSPS) is 11.3. The molecule has 1 aromatic carbocycles. The number of benzene rings is 1. The van der Waals surface area contributed by atoms with Gasteiger partial charge in [-0.25, -0.2) is 18.3 Å². The molecule has 160 valence electrons. The van der Waals surface area contributed by atoms with Crippen molar-refractivity contribution in [3.63, 3.8) is 0 Å². The number of para-hydroxylation sites is 1. The van der Waals surface area contributed by atoms with Gasteiger partial charge in [0.15, 0.2) is 5.65 Å². The van der Waals surface area contributed by atoms with E-state index in [0.717, 1.165) is 14.7 Å². The summed E-state index contributed by atoms with van der Waals surface area (Å²) in [4.78, 5) is 17.3. The van der Waals surface area contributed by atoms with Crippen LogP contribution < -0.4 is 10.1 Å². The summed E-state index contributed by atoms with van der Waals surface area (Å²) in [7, 11) is 3.23. The Kier molecular flexibility index (Phi) is 5.68. The minimum atomic E-state index is -2.82. The Morgan fingerprint density at radius 3 is 2.71 bits per heavy atom. The summed E-state index contributed by atoms with van der Waals surface area (Å²) in [6, 6.07) is 8.18.